The molecule has 0 saturated carbocycles. The van der Waals surface area contributed by atoms with Crippen molar-refractivity contribution in [2.45, 2.75) is 26.8 Å². The molecular formula is C18H26ClN5O. The molecule has 0 aliphatic carbocycles. The van der Waals surface area contributed by atoms with Gasteiger partial charge in [-0.3, -0.25) is 9.67 Å². The second-order valence-corrected chi connectivity index (χ2v) is 6.12. The van der Waals surface area contributed by atoms with Gasteiger partial charge in [0.2, 0.25) is 0 Å². The van der Waals surface area contributed by atoms with Gasteiger partial charge in [0.1, 0.15) is 12.4 Å². The summed E-state index contributed by atoms with van der Waals surface area (Å²) in [6.45, 7) is 6.95. The maximum atomic E-state index is 6.05. The third-order valence-electron chi connectivity index (χ3n) is 3.65. The van der Waals surface area contributed by atoms with Crippen LogP contribution in [0.25, 0.3) is 0 Å². The second-order valence-electron chi connectivity index (χ2n) is 5.71. The molecule has 136 valence electrons. The summed E-state index contributed by atoms with van der Waals surface area (Å²) in [5, 5.41) is 11.6. The van der Waals surface area contributed by atoms with Crippen LogP contribution in [0.5, 0.6) is 5.75 Å². The highest BCUT2D eigenvalue weighted by Gasteiger charge is 2.02. The van der Waals surface area contributed by atoms with Gasteiger partial charge in [0.15, 0.2) is 5.96 Å². The second kappa shape index (κ2) is 9.93. The highest BCUT2D eigenvalue weighted by molar-refractivity contribution is 6.32. The van der Waals surface area contributed by atoms with Crippen LogP contribution < -0.4 is 15.4 Å². The van der Waals surface area contributed by atoms with Crippen LogP contribution in [0, 0.1) is 13.8 Å². The van der Waals surface area contributed by atoms with Crippen molar-refractivity contribution in [3.63, 3.8) is 0 Å². The maximum Gasteiger partial charge on any atom is 0.191 e. The summed E-state index contributed by atoms with van der Waals surface area (Å²) in [5.41, 5.74) is 2.25. The Morgan fingerprint density at radius 3 is 2.68 bits per heavy atom. The van der Waals surface area contributed by atoms with E-state index < -0.39 is 0 Å². The number of aromatic nitrogens is 2. The molecule has 1 heterocycles. The Morgan fingerprint density at radius 1 is 1.24 bits per heavy atom. The van der Waals surface area contributed by atoms with Crippen molar-refractivity contribution < 1.29 is 4.74 Å². The topological polar surface area (TPSA) is 63.5 Å². The van der Waals surface area contributed by atoms with Gasteiger partial charge in [-0.15, -0.1) is 0 Å². The summed E-state index contributed by atoms with van der Waals surface area (Å²) in [4.78, 5) is 4.21. The van der Waals surface area contributed by atoms with Crippen molar-refractivity contribution in [3.8, 4) is 5.75 Å². The summed E-state index contributed by atoms with van der Waals surface area (Å²) in [6.07, 6.45) is 0.971. The summed E-state index contributed by atoms with van der Waals surface area (Å²) in [5.74, 6) is 1.45. The molecule has 0 atom stereocenters. The van der Waals surface area contributed by atoms with Crippen LogP contribution in [0.3, 0.4) is 0 Å². The molecule has 2 rings (SSSR count). The Hall–Kier alpha value is -2.21. The minimum atomic E-state index is 0.510. The Kier molecular flexibility index (Phi) is 7.60. The van der Waals surface area contributed by atoms with E-state index in [2.05, 4.69) is 33.7 Å². The molecular weight excluding hydrogens is 338 g/mol. The summed E-state index contributed by atoms with van der Waals surface area (Å²) < 4.78 is 7.67. The zero-order valence-corrected chi connectivity index (χ0v) is 15.8. The van der Waals surface area contributed by atoms with Crippen molar-refractivity contribution >= 4 is 17.6 Å². The maximum absolute atomic E-state index is 6.05. The lowest BCUT2D eigenvalue weighted by molar-refractivity contribution is 0.322. The summed E-state index contributed by atoms with van der Waals surface area (Å²) in [7, 11) is 1.76. The lowest BCUT2D eigenvalue weighted by Gasteiger charge is -2.13. The molecule has 0 saturated heterocycles. The molecule has 2 aromatic rings. The normalized spacial score (nSPS) is 11.4. The number of nitrogens with one attached hydrogen (secondary N) is 2. The monoisotopic (exact) mass is 363 g/mol. The molecule has 2 N–H and O–H groups in total. The number of ether oxygens (including phenoxy) is 1. The van der Waals surface area contributed by atoms with Crippen molar-refractivity contribution in [1.82, 2.24) is 20.4 Å². The fraction of sp³-hybridized carbons (Fsp3) is 0.444. The first-order valence-electron chi connectivity index (χ1n) is 8.43. The molecule has 0 bridgehead atoms. The van der Waals surface area contributed by atoms with Gasteiger partial charge in [-0.1, -0.05) is 23.7 Å². The molecule has 0 unspecified atom stereocenters. The van der Waals surface area contributed by atoms with Crippen LogP contribution in [0.4, 0.5) is 0 Å². The van der Waals surface area contributed by atoms with Gasteiger partial charge >= 0.3 is 0 Å². The number of halogens is 1. The van der Waals surface area contributed by atoms with Crippen molar-refractivity contribution in [2.24, 2.45) is 4.99 Å². The van der Waals surface area contributed by atoms with Crippen LogP contribution in [0.1, 0.15) is 17.8 Å². The van der Waals surface area contributed by atoms with E-state index in [1.807, 2.05) is 35.9 Å². The Labute approximate surface area is 154 Å². The highest BCUT2D eigenvalue weighted by atomic mass is 35.5. The number of rotatable bonds is 8. The smallest absolute Gasteiger partial charge is 0.191 e. The van der Waals surface area contributed by atoms with Crippen LogP contribution in [0.2, 0.25) is 5.02 Å². The number of aryl methyl sites for hydroxylation is 3. The number of aliphatic imine (C=N–C) groups is 1. The minimum Gasteiger partial charge on any atom is -0.490 e. The number of nitrogens with zero attached hydrogens (tertiary/aromatic N) is 3. The standard InChI is InChI=1S/C18H26ClN5O/c1-14-13-15(2)24(23-14)11-6-9-21-18(20-3)22-10-12-25-17-8-5-4-7-16(17)19/h4-5,7-8,13H,6,9-12H2,1-3H3,(H2,20,21,22). The first-order chi connectivity index (χ1) is 12.1. The van der Waals surface area contributed by atoms with E-state index in [-0.39, 0.29) is 0 Å². The molecule has 0 radical (unpaired) electrons. The lowest BCUT2D eigenvalue weighted by atomic mass is 10.3. The van der Waals surface area contributed by atoms with Gasteiger partial charge in [0.25, 0.3) is 0 Å². The Morgan fingerprint density at radius 2 is 2.00 bits per heavy atom. The molecule has 0 amide bonds. The number of guanidine groups is 1. The predicted molar refractivity (Wildman–Crippen MR) is 103 cm³/mol. The first kappa shape index (κ1) is 19.1. The fourth-order valence-electron chi connectivity index (χ4n) is 2.45. The van der Waals surface area contributed by atoms with Crippen LogP contribution in [-0.2, 0) is 6.54 Å². The van der Waals surface area contributed by atoms with E-state index in [0.29, 0.717) is 23.9 Å². The summed E-state index contributed by atoms with van der Waals surface area (Å²) >= 11 is 6.05. The van der Waals surface area contributed by atoms with Gasteiger partial charge in [0.05, 0.1) is 17.3 Å². The minimum absolute atomic E-state index is 0.510. The molecule has 0 aliphatic heterocycles. The van der Waals surface area contributed by atoms with Gasteiger partial charge < -0.3 is 15.4 Å². The molecule has 6 nitrogen and oxygen atoms in total. The summed E-state index contributed by atoms with van der Waals surface area (Å²) in [6, 6.07) is 9.54. The van der Waals surface area contributed by atoms with E-state index in [1.54, 1.807) is 7.05 Å². The zero-order chi connectivity index (χ0) is 18.1. The molecule has 0 aliphatic rings. The quantitative estimate of drug-likeness (QED) is 0.430. The van der Waals surface area contributed by atoms with Gasteiger partial charge in [0, 0.05) is 25.8 Å². The first-order valence-corrected chi connectivity index (χ1v) is 8.81. The van der Waals surface area contributed by atoms with Crippen LogP contribution in [0.15, 0.2) is 35.3 Å². The van der Waals surface area contributed by atoms with Crippen molar-refractivity contribution in [3.05, 3.63) is 46.7 Å². The molecule has 0 fully saturated rings. The van der Waals surface area contributed by atoms with E-state index in [0.717, 1.165) is 31.2 Å². The Balaban J connectivity index is 1.62. The van der Waals surface area contributed by atoms with Crippen molar-refractivity contribution in [2.75, 3.05) is 26.7 Å². The third-order valence-corrected chi connectivity index (χ3v) is 3.97. The Bertz CT molecular complexity index is 699. The van der Waals surface area contributed by atoms with E-state index >= 15 is 0 Å². The highest BCUT2D eigenvalue weighted by Crippen LogP contribution is 2.22. The fourth-order valence-corrected chi connectivity index (χ4v) is 2.64. The van der Waals surface area contributed by atoms with E-state index in [4.69, 9.17) is 16.3 Å². The largest absolute Gasteiger partial charge is 0.490 e. The molecule has 7 heteroatoms. The lowest BCUT2D eigenvalue weighted by Crippen LogP contribution is -2.39. The molecule has 1 aromatic heterocycles. The average Bonchev–Trinajstić information content (AvgIpc) is 2.92. The number of benzene rings is 1. The van der Waals surface area contributed by atoms with Crippen LogP contribution in [-0.4, -0.2) is 42.5 Å². The predicted octanol–water partition coefficient (Wildman–Crippen LogP) is 2.79. The molecule has 1 aromatic carbocycles. The average molecular weight is 364 g/mol. The van der Waals surface area contributed by atoms with Gasteiger partial charge in [-0.05, 0) is 38.5 Å². The SMILES string of the molecule is CN=C(NCCCn1nc(C)cc1C)NCCOc1ccccc1Cl. The number of para-hydroxylation sites is 1. The zero-order valence-electron chi connectivity index (χ0n) is 15.1. The van der Waals surface area contributed by atoms with E-state index in [9.17, 15) is 0 Å². The van der Waals surface area contributed by atoms with Gasteiger partial charge in [-0.25, -0.2) is 0 Å². The van der Waals surface area contributed by atoms with Crippen molar-refractivity contribution in [1.29, 1.82) is 0 Å². The number of hydrogen-bond acceptors (Lipinski definition) is 3. The third kappa shape index (κ3) is 6.31. The number of hydrogen-bond donors (Lipinski definition) is 2. The van der Waals surface area contributed by atoms with Gasteiger partial charge in [-0.2, -0.15) is 5.10 Å². The molecule has 25 heavy (non-hydrogen) atoms. The molecule has 0 spiro atoms. The van der Waals surface area contributed by atoms with E-state index in [1.165, 1.54) is 5.69 Å². The van der Waals surface area contributed by atoms with Crippen LogP contribution >= 0.6 is 11.6 Å².